The van der Waals surface area contributed by atoms with Gasteiger partial charge in [-0.3, -0.25) is 0 Å². The molecule has 0 unspecified atom stereocenters. The molecule has 0 fully saturated rings. The number of carbonyl (C=O) groups excluding carboxylic acids is 2. The van der Waals surface area contributed by atoms with Gasteiger partial charge >= 0.3 is 12.1 Å². The lowest BCUT2D eigenvalue weighted by Gasteiger charge is -2.09. The predicted molar refractivity (Wildman–Crippen MR) is 73.5 cm³/mol. The van der Waals surface area contributed by atoms with Gasteiger partial charge < -0.3 is 20.7 Å². The molecule has 1 rings (SSSR count). The Morgan fingerprint density at radius 1 is 1.21 bits per heavy atom. The number of hydrogen-bond acceptors (Lipinski definition) is 3. The van der Waals surface area contributed by atoms with Crippen LogP contribution >= 0.6 is 11.6 Å². The number of para-hydroxylation sites is 1. The first kappa shape index (κ1) is 15.1. The van der Waals surface area contributed by atoms with Crippen LogP contribution in [0.2, 0.25) is 5.02 Å². The molecule has 6 nitrogen and oxygen atoms in total. The lowest BCUT2D eigenvalue weighted by atomic mass is 10.3. The van der Waals surface area contributed by atoms with Crippen molar-refractivity contribution in [2.75, 3.05) is 25.0 Å². The number of amides is 3. The third kappa shape index (κ3) is 5.96. The van der Waals surface area contributed by atoms with Crippen LogP contribution in [0.1, 0.15) is 6.92 Å². The summed E-state index contributed by atoms with van der Waals surface area (Å²) in [5.41, 5.74) is 0.528. The fraction of sp³-hybridized carbons (Fsp3) is 0.333. The Balaban J connectivity index is 2.22. The first-order valence-electron chi connectivity index (χ1n) is 5.83. The Labute approximate surface area is 116 Å². The maximum absolute atomic E-state index is 11.5. The van der Waals surface area contributed by atoms with Crippen molar-refractivity contribution in [2.24, 2.45) is 0 Å². The van der Waals surface area contributed by atoms with Gasteiger partial charge in [-0.1, -0.05) is 23.7 Å². The second-order valence-corrected chi connectivity index (χ2v) is 3.92. The number of ether oxygens (including phenoxy) is 1. The molecular formula is C12H16ClN3O3. The molecule has 7 heteroatoms. The van der Waals surface area contributed by atoms with Gasteiger partial charge in [-0.25, -0.2) is 9.59 Å². The second-order valence-electron chi connectivity index (χ2n) is 3.51. The highest BCUT2D eigenvalue weighted by Crippen LogP contribution is 2.19. The van der Waals surface area contributed by atoms with Crippen LogP contribution in [0.3, 0.4) is 0 Å². The van der Waals surface area contributed by atoms with E-state index in [4.69, 9.17) is 11.6 Å². The SMILES string of the molecule is CCOC(=O)NCCNC(=O)Nc1ccccc1Cl. The number of alkyl carbamates (subject to hydrolysis) is 1. The van der Waals surface area contributed by atoms with Crippen molar-refractivity contribution in [1.82, 2.24) is 10.6 Å². The summed E-state index contributed by atoms with van der Waals surface area (Å²) in [5.74, 6) is 0. The van der Waals surface area contributed by atoms with Gasteiger partial charge in [0.1, 0.15) is 0 Å². The van der Waals surface area contributed by atoms with Gasteiger partial charge in [-0.05, 0) is 19.1 Å². The number of anilines is 1. The smallest absolute Gasteiger partial charge is 0.407 e. The molecule has 104 valence electrons. The van der Waals surface area contributed by atoms with Crippen LogP contribution < -0.4 is 16.0 Å². The summed E-state index contributed by atoms with van der Waals surface area (Å²) in [7, 11) is 0. The number of rotatable bonds is 5. The zero-order valence-electron chi connectivity index (χ0n) is 10.5. The normalized spacial score (nSPS) is 9.58. The largest absolute Gasteiger partial charge is 0.450 e. The van der Waals surface area contributed by atoms with Gasteiger partial charge in [0.15, 0.2) is 0 Å². The van der Waals surface area contributed by atoms with Gasteiger partial charge in [-0.2, -0.15) is 0 Å². The highest BCUT2D eigenvalue weighted by Gasteiger charge is 2.04. The molecule has 19 heavy (non-hydrogen) atoms. The quantitative estimate of drug-likeness (QED) is 0.726. The van der Waals surface area contributed by atoms with Crippen LogP contribution in [0.4, 0.5) is 15.3 Å². The molecule has 0 radical (unpaired) electrons. The Morgan fingerprint density at radius 2 is 1.89 bits per heavy atom. The summed E-state index contributed by atoms with van der Waals surface area (Å²) in [4.78, 5) is 22.5. The van der Waals surface area contributed by atoms with Crippen molar-refractivity contribution >= 4 is 29.4 Å². The van der Waals surface area contributed by atoms with Crippen LogP contribution in [0, 0.1) is 0 Å². The fourth-order valence-corrected chi connectivity index (χ4v) is 1.43. The second kappa shape index (κ2) is 8.20. The zero-order valence-corrected chi connectivity index (χ0v) is 11.3. The summed E-state index contributed by atoms with van der Waals surface area (Å²) < 4.78 is 4.66. The molecule has 0 bridgehead atoms. The van der Waals surface area contributed by atoms with Crippen molar-refractivity contribution in [3.8, 4) is 0 Å². The molecule has 0 aliphatic rings. The van der Waals surface area contributed by atoms with E-state index in [0.717, 1.165) is 0 Å². The van der Waals surface area contributed by atoms with Crippen molar-refractivity contribution in [3.05, 3.63) is 29.3 Å². The molecular weight excluding hydrogens is 270 g/mol. The number of halogens is 1. The van der Waals surface area contributed by atoms with Gasteiger partial charge in [-0.15, -0.1) is 0 Å². The third-order valence-electron chi connectivity index (χ3n) is 2.08. The lowest BCUT2D eigenvalue weighted by molar-refractivity contribution is 0.152. The van der Waals surface area contributed by atoms with Gasteiger partial charge in [0.25, 0.3) is 0 Å². The Bertz CT molecular complexity index is 440. The molecule has 0 aromatic heterocycles. The van der Waals surface area contributed by atoms with Gasteiger partial charge in [0.2, 0.25) is 0 Å². The average molecular weight is 286 g/mol. The minimum Gasteiger partial charge on any atom is -0.450 e. The van der Waals surface area contributed by atoms with E-state index in [1.165, 1.54) is 0 Å². The summed E-state index contributed by atoms with van der Waals surface area (Å²) in [5, 5.41) is 8.12. The van der Waals surface area contributed by atoms with E-state index in [2.05, 4.69) is 20.7 Å². The number of urea groups is 1. The molecule has 0 saturated carbocycles. The van der Waals surface area contributed by atoms with E-state index in [1.807, 2.05) is 0 Å². The monoisotopic (exact) mass is 285 g/mol. The Kier molecular flexibility index (Phi) is 6.52. The van der Waals surface area contributed by atoms with Crippen LogP contribution in [-0.4, -0.2) is 31.8 Å². The molecule has 0 saturated heterocycles. The van der Waals surface area contributed by atoms with E-state index in [-0.39, 0.29) is 13.1 Å². The molecule has 0 heterocycles. The van der Waals surface area contributed by atoms with E-state index in [0.29, 0.717) is 17.3 Å². The van der Waals surface area contributed by atoms with Crippen LogP contribution in [0.5, 0.6) is 0 Å². The Morgan fingerprint density at radius 3 is 2.58 bits per heavy atom. The van der Waals surface area contributed by atoms with E-state index < -0.39 is 12.1 Å². The van der Waals surface area contributed by atoms with Gasteiger partial charge in [0, 0.05) is 13.1 Å². The number of hydrogen-bond donors (Lipinski definition) is 3. The maximum Gasteiger partial charge on any atom is 0.407 e. The molecule has 3 N–H and O–H groups in total. The number of carbonyl (C=O) groups is 2. The zero-order chi connectivity index (χ0) is 14.1. The van der Waals surface area contributed by atoms with Crippen LogP contribution in [0.25, 0.3) is 0 Å². The average Bonchev–Trinajstić information content (AvgIpc) is 2.38. The molecule has 0 aliphatic carbocycles. The molecule has 3 amide bonds. The standard InChI is InChI=1S/C12H16ClN3O3/c1-2-19-12(18)15-8-7-14-11(17)16-10-6-4-3-5-9(10)13/h3-6H,2,7-8H2,1H3,(H,15,18)(H2,14,16,17). The lowest BCUT2D eigenvalue weighted by Crippen LogP contribution is -2.37. The summed E-state index contributed by atoms with van der Waals surface area (Å²) in [6, 6.07) is 6.52. The maximum atomic E-state index is 11.5. The molecule has 1 aromatic carbocycles. The van der Waals surface area contributed by atoms with Crippen molar-refractivity contribution in [2.45, 2.75) is 6.92 Å². The topological polar surface area (TPSA) is 79.5 Å². The summed E-state index contributed by atoms with van der Waals surface area (Å²) in [6.07, 6.45) is -0.504. The molecule has 0 spiro atoms. The highest BCUT2D eigenvalue weighted by molar-refractivity contribution is 6.33. The van der Waals surface area contributed by atoms with Crippen molar-refractivity contribution in [3.63, 3.8) is 0 Å². The van der Waals surface area contributed by atoms with E-state index in [1.54, 1.807) is 31.2 Å². The fourth-order valence-electron chi connectivity index (χ4n) is 1.25. The summed E-state index contributed by atoms with van der Waals surface area (Å²) in [6.45, 7) is 2.60. The minimum absolute atomic E-state index is 0.286. The van der Waals surface area contributed by atoms with E-state index in [9.17, 15) is 9.59 Å². The molecule has 0 atom stereocenters. The first-order valence-corrected chi connectivity index (χ1v) is 6.21. The predicted octanol–water partition coefficient (Wildman–Crippen LogP) is 2.21. The highest BCUT2D eigenvalue weighted by atomic mass is 35.5. The Hall–Kier alpha value is -1.95. The van der Waals surface area contributed by atoms with Crippen LogP contribution in [-0.2, 0) is 4.74 Å². The minimum atomic E-state index is -0.504. The van der Waals surface area contributed by atoms with Crippen LogP contribution in [0.15, 0.2) is 24.3 Å². The summed E-state index contributed by atoms with van der Waals surface area (Å²) >= 11 is 5.89. The van der Waals surface area contributed by atoms with E-state index >= 15 is 0 Å². The number of benzene rings is 1. The molecule has 0 aliphatic heterocycles. The third-order valence-corrected chi connectivity index (χ3v) is 2.41. The molecule has 1 aromatic rings. The van der Waals surface area contributed by atoms with Crippen molar-refractivity contribution in [1.29, 1.82) is 0 Å². The van der Waals surface area contributed by atoms with Crippen molar-refractivity contribution < 1.29 is 14.3 Å². The van der Waals surface area contributed by atoms with Gasteiger partial charge in [0.05, 0.1) is 17.3 Å². The first-order chi connectivity index (χ1) is 9.13. The number of nitrogens with one attached hydrogen (secondary N) is 3.